The maximum absolute atomic E-state index is 12.9. The molecule has 5 rings (SSSR count). The molecular weight excluding hydrogens is 342 g/mol. The number of hydrogen-bond donors (Lipinski definition) is 2. The number of likely N-dealkylation sites (tertiary alicyclic amines) is 1. The number of carbonyl (C=O) groups excluding carboxylic acids is 1. The number of benzene rings is 1. The van der Waals surface area contributed by atoms with E-state index in [0.29, 0.717) is 25.0 Å². The van der Waals surface area contributed by atoms with Crippen molar-refractivity contribution in [2.75, 3.05) is 13.1 Å². The van der Waals surface area contributed by atoms with Crippen LogP contribution in [0.3, 0.4) is 0 Å². The summed E-state index contributed by atoms with van der Waals surface area (Å²) in [7, 11) is 0. The summed E-state index contributed by atoms with van der Waals surface area (Å²) in [6.45, 7) is 6.08. The van der Waals surface area contributed by atoms with Gasteiger partial charge in [0.05, 0.1) is 11.0 Å². The lowest BCUT2D eigenvalue weighted by Gasteiger charge is -2.59. The second-order valence-corrected chi connectivity index (χ2v) is 9.03. The number of phenols is 1. The molecule has 0 aromatic heterocycles. The van der Waals surface area contributed by atoms with E-state index < -0.39 is 17.1 Å². The molecule has 0 amide bonds. The van der Waals surface area contributed by atoms with Crippen molar-refractivity contribution in [1.29, 1.82) is 0 Å². The second kappa shape index (κ2) is 5.71. The summed E-state index contributed by atoms with van der Waals surface area (Å²) in [4.78, 5) is 15.3. The van der Waals surface area contributed by atoms with Crippen molar-refractivity contribution < 1.29 is 19.7 Å². The van der Waals surface area contributed by atoms with E-state index in [2.05, 4.69) is 18.7 Å². The number of rotatable bonds is 3. The van der Waals surface area contributed by atoms with E-state index in [0.717, 1.165) is 36.6 Å². The topological polar surface area (TPSA) is 70.0 Å². The van der Waals surface area contributed by atoms with Crippen LogP contribution in [0.15, 0.2) is 12.1 Å². The lowest BCUT2D eigenvalue weighted by Crippen LogP contribution is -2.74. The van der Waals surface area contributed by atoms with E-state index in [4.69, 9.17) is 4.74 Å². The van der Waals surface area contributed by atoms with Gasteiger partial charge in [0.1, 0.15) is 0 Å². The van der Waals surface area contributed by atoms with Gasteiger partial charge in [-0.2, -0.15) is 0 Å². The quantitative estimate of drug-likeness (QED) is 0.855. The predicted molar refractivity (Wildman–Crippen MR) is 101 cm³/mol. The molecule has 4 atom stereocenters. The zero-order valence-electron chi connectivity index (χ0n) is 16.2. The molecule has 2 heterocycles. The van der Waals surface area contributed by atoms with Gasteiger partial charge in [-0.3, -0.25) is 9.69 Å². The summed E-state index contributed by atoms with van der Waals surface area (Å²) in [5.74, 6) is 1.32. The molecular formula is C22H29NO4. The molecule has 2 aliphatic heterocycles. The molecule has 0 radical (unpaired) electrons. The molecule has 5 heteroatoms. The fourth-order valence-electron chi connectivity index (χ4n) is 6.07. The van der Waals surface area contributed by atoms with Crippen molar-refractivity contribution in [2.45, 2.75) is 75.5 Å². The van der Waals surface area contributed by atoms with Crippen molar-refractivity contribution in [3.8, 4) is 11.5 Å². The lowest BCUT2D eigenvalue weighted by molar-refractivity contribution is -0.181. The Balaban J connectivity index is 1.68. The number of piperidine rings is 1. The maximum atomic E-state index is 12.9. The Labute approximate surface area is 160 Å². The molecule has 2 saturated carbocycles. The minimum atomic E-state index is -1.03. The zero-order valence-corrected chi connectivity index (χ0v) is 16.2. The van der Waals surface area contributed by atoms with Crippen LogP contribution in [0.2, 0.25) is 0 Å². The first-order chi connectivity index (χ1) is 12.9. The van der Waals surface area contributed by atoms with Crippen LogP contribution >= 0.6 is 0 Å². The third-order valence-corrected chi connectivity index (χ3v) is 7.77. The van der Waals surface area contributed by atoms with Crippen LogP contribution in [-0.2, 0) is 16.6 Å². The first-order valence-electron chi connectivity index (χ1n) is 10.4. The minimum Gasteiger partial charge on any atom is -0.504 e. The SMILES string of the molecule is CCc1ccc(O)c2c1C13CCN(CC4CC4)C(C)[C@]1(O)CCC(=O)[C@@H]3O2. The molecule has 4 aliphatic rings. The number of aliphatic hydroxyl groups is 1. The molecule has 1 aromatic rings. The summed E-state index contributed by atoms with van der Waals surface area (Å²) >= 11 is 0. The third kappa shape index (κ3) is 2.16. The van der Waals surface area contributed by atoms with E-state index in [1.54, 1.807) is 6.07 Å². The Morgan fingerprint density at radius 3 is 2.78 bits per heavy atom. The highest BCUT2D eigenvalue weighted by Gasteiger charge is 2.70. The van der Waals surface area contributed by atoms with Gasteiger partial charge in [-0.25, -0.2) is 0 Å². The molecule has 2 unspecified atom stereocenters. The fraction of sp³-hybridized carbons (Fsp3) is 0.682. The molecule has 1 spiro atoms. The van der Waals surface area contributed by atoms with E-state index >= 15 is 0 Å². The number of Topliss-reactive ketones (excluding diaryl/α,β-unsaturated/α-hetero) is 1. The van der Waals surface area contributed by atoms with Crippen molar-refractivity contribution in [2.24, 2.45) is 5.92 Å². The summed E-state index contributed by atoms with van der Waals surface area (Å²) in [5.41, 5.74) is 0.188. The van der Waals surface area contributed by atoms with Crippen LogP contribution in [0, 0.1) is 5.92 Å². The Morgan fingerprint density at radius 2 is 2.07 bits per heavy atom. The van der Waals surface area contributed by atoms with Crippen LogP contribution in [-0.4, -0.2) is 51.7 Å². The number of hydrogen-bond acceptors (Lipinski definition) is 5. The van der Waals surface area contributed by atoms with Crippen LogP contribution in [0.4, 0.5) is 0 Å². The highest BCUT2D eigenvalue weighted by atomic mass is 16.5. The molecule has 2 aliphatic carbocycles. The normalized spacial score (nSPS) is 38.1. The van der Waals surface area contributed by atoms with E-state index in [-0.39, 0.29) is 17.6 Å². The average Bonchev–Trinajstić information content (AvgIpc) is 3.40. The van der Waals surface area contributed by atoms with Gasteiger partial charge in [-0.1, -0.05) is 13.0 Å². The summed E-state index contributed by atoms with van der Waals surface area (Å²) in [6.07, 6.45) is 4.16. The molecule has 146 valence electrons. The van der Waals surface area contributed by atoms with E-state index in [1.807, 2.05) is 6.07 Å². The van der Waals surface area contributed by atoms with Gasteiger partial charge in [-0.05, 0) is 63.1 Å². The highest BCUT2D eigenvalue weighted by Crippen LogP contribution is 2.62. The molecule has 1 saturated heterocycles. The van der Waals surface area contributed by atoms with E-state index in [1.165, 1.54) is 12.8 Å². The van der Waals surface area contributed by atoms with Gasteiger partial charge in [0, 0.05) is 24.6 Å². The number of ketones is 1. The fourth-order valence-corrected chi connectivity index (χ4v) is 6.07. The Bertz CT molecular complexity index is 804. The Kier molecular flexibility index (Phi) is 3.70. The lowest BCUT2D eigenvalue weighted by atomic mass is 9.52. The number of carbonyl (C=O) groups is 1. The van der Waals surface area contributed by atoms with Crippen molar-refractivity contribution in [3.05, 3.63) is 23.3 Å². The number of aromatic hydroxyl groups is 1. The monoisotopic (exact) mass is 371 g/mol. The summed E-state index contributed by atoms with van der Waals surface area (Å²) < 4.78 is 6.12. The van der Waals surface area contributed by atoms with Crippen molar-refractivity contribution >= 4 is 5.78 Å². The largest absolute Gasteiger partial charge is 0.504 e. The van der Waals surface area contributed by atoms with E-state index in [9.17, 15) is 15.0 Å². The molecule has 27 heavy (non-hydrogen) atoms. The number of aryl methyl sites for hydroxylation is 1. The summed E-state index contributed by atoms with van der Waals surface area (Å²) in [6, 6.07) is 3.54. The number of phenolic OH excluding ortho intramolecular Hbond substituents is 1. The molecule has 3 fully saturated rings. The van der Waals surface area contributed by atoms with Crippen LogP contribution in [0.25, 0.3) is 0 Å². The van der Waals surface area contributed by atoms with Gasteiger partial charge >= 0.3 is 0 Å². The second-order valence-electron chi connectivity index (χ2n) is 9.03. The van der Waals surface area contributed by atoms with Gasteiger partial charge in [0.2, 0.25) is 0 Å². The standard InChI is InChI=1S/C22H29NO4/c1-3-15-6-7-16(24)19-18(15)21-10-11-23(12-14-4-5-14)13(2)22(21,26)9-8-17(25)20(21)27-19/h6-7,13-14,20,24,26H,3-5,8-12H2,1-2H3/t13?,20-,21?,22+/m0/s1. The van der Waals surface area contributed by atoms with Gasteiger partial charge in [0.15, 0.2) is 23.4 Å². The zero-order chi connectivity index (χ0) is 19.0. The molecule has 2 N–H and O–H groups in total. The predicted octanol–water partition coefficient (Wildman–Crippen LogP) is 2.55. The number of ether oxygens (including phenoxy) is 1. The Morgan fingerprint density at radius 1 is 1.30 bits per heavy atom. The third-order valence-electron chi connectivity index (χ3n) is 7.77. The molecule has 0 bridgehead atoms. The van der Waals surface area contributed by atoms with Gasteiger partial charge in [0.25, 0.3) is 0 Å². The number of fused-ring (bicyclic) bond motifs is 1. The highest BCUT2D eigenvalue weighted by molar-refractivity contribution is 5.89. The van der Waals surface area contributed by atoms with Crippen LogP contribution in [0.5, 0.6) is 11.5 Å². The van der Waals surface area contributed by atoms with Gasteiger partial charge in [-0.15, -0.1) is 0 Å². The summed E-state index contributed by atoms with van der Waals surface area (Å²) in [5, 5.41) is 22.6. The number of nitrogens with zero attached hydrogens (tertiary/aromatic N) is 1. The maximum Gasteiger partial charge on any atom is 0.174 e. The molecule has 1 aromatic carbocycles. The van der Waals surface area contributed by atoms with Gasteiger partial charge < -0.3 is 14.9 Å². The average molecular weight is 371 g/mol. The van der Waals surface area contributed by atoms with Crippen LogP contribution in [0.1, 0.15) is 57.1 Å². The van der Waals surface area contributed by atoms with Crippen molar-refractivity contribution in [3.63, 3.8) is 0 Å². The smallest absolute Gasteiger partial charge is 0.174 e. The first-order valence-corrected chi connectivity index (χ1v) is 10.4. The Hall–Kier alpha value is -1.59. The minimum absolute atomic E-state index is 0.0379. The van der Waals surface area contributed by atoms with Crippen molar-refractivity contribution in [1.82, 2.24) is 4.90 Å². The first kappa shape index (κ1) is 17.5. The van der Waals surface area contributed by atoms with Crippen LogP contribution < -0.4 is 4.74 Å². The molecule has 5 nitrogen and oxygen atoms in total.